The van der Waals surface area contributed by atoms with Gasteiger partial charge in [0.2, 0.25) is 0 Å². The van der Waals surface area contributed by atoms with Crippen molar-refractivity contribution in [3.05, 3.63) is 36.0 Å². The van der Waals surface area contributed by atoms with Crippen molar-refractivity contribution in [1.82, 2.24) is 4.72 Å². The quantitative estimate of drug-likeness (QED) is 0.820. The Kier molecular flexibility index (Phi) is 5.67. The maximum atomic E-state index is 14.5. The van der Waals surface area contributed by atoms with E-state index >= 15 is 0 Å². The summed E-state index contributed by atoms with van der Waals surface area (Å²) < 4.78 is 39.0. The highest BCUT2D eigenvalue weighted by atomic mass is 32.2. The van der Waals surface area contributed by atoms with Crippen molar-refractivity contribution in [1.29, 1.82) is 0 Å². The molecule has 2 aliphatic rings. The van der Waals surface area contributed by atoms with Gasteiger partial charge in [-0.15, -0.1) is 0 Å². The average molecular weight is 369 g/mol. The molecule has 0 spiro atoms. The molecule has 3 rings (SSSR count). The van der Waals surface area contributed by atoms with Gasteiger partial charge in [-0.2, -0.15) is 0 Å². The van der Waals surface area contributed by atoms with Crippen molar-refractivity contribution in [2.24, 2.45) is 0 Å². The molecule has 1 aromatic rings. The Morgan fingerprint density at radius 2 is 2.16 bits per heavy atom. The number of ether oxygens (including phenoxy) is 2. The SMILES string of the molecule is C=CS(=O)NC[C@H]1CN(c2ccc(N3CCOCC3)c(F)c2)C(=O)O1. The van der Waals surface area contributed by atoms with Crippen LogP contribution in [0.5, 0.6) is 0 Å². The molecule has 2 heterocycles. The largest absolute Gasteiger partial charge is 0.443 e. The zero-order valence-corrected chi connectivity index (χ0v) is 14.5. The lowest BCUT2D eigenvalue weighted by Gasteiger charge is -2.29. The van der Waals surface area contributed by atoms with Crippen molar-refractivity contribution >= 4 is 28.5 Å². The topological polar surface area (TPSA) is 71.1 Å². The first-order valence-electron chi connectivity index (χ1n) is 7.95. The molecule has 2 aliphatic heterocycles. The number of halogens is 1. The predicted molar refractivity (Wildman–Crippen MR) is 93.4 cm³/mol. The Morgan fingerprint density at radius 1 is 1.40 bits per heavy atom. The van der Waals surface area contributed by atoms with E-state index in [-0.39, 0.29) is 18.9 Å². The van der Waals surface area contributed by atoms with Gasteiger partial charge in [0, 0.05) is 25.0 Å². The second-order valence-electron chi connectivity index (χ2n) is 5.66. The van der Waals surface area contributed by atoms with Crippen LogP contribution in [0.25, 0.3) is 0 Å². The van der Waals surface area contributed by atoms with Gasteiger partial charge in [-0.25, -0.2) is 18.1 Å². The number of hydrogen-bond donors (Lipinski definition) is 1. The zero-order chi connectivity index (χ0) is 17.8. The molecule has 1 aromatic carbocycles. The molecule has 0 radical (unpaired) electrons. The van der Waals surface area contributed by atoms with E-state index in [0.717, 1.165) is 0 Å². The van der Waals surface area contributed by atoms with Crippen LogP contribution in [0.4, 0.5) is 20.6 Å². The number of morpholine rings is 1. The number of amides is 1. The highest BCUT2D eigenvalue weighted by Crippen LogP contribution is 2.28. The predicted octanol–water partition coefficient (Wildman–Crippen LogP) is 1.38. The van der Waals surface area contributed by atoms with Gasteiger partial charge in [-0.05, 0) is 18.2 Å². The first-order valence-corrected chi connectivity index (χ1v) is 9.17. The molecule has 0 saturated carbocycles. The summed E-state index contributed by atoms with van der Waals surface area (Å²) in [6.45, 7) is 6.31. The van der Waals surface area contributed by atoms with E-state index in [9.17, 15) is 13.4 Å². The molecule has 1 amide bonds. The number of anilines is 2. The lowest BCUT2D eigenvalue weighted by molar-refractivity contribution is 0.122. The number of cyclic esters (lactones) is 1. The van der Waals surface area contributed by atoms with Crippen molar-refractivity contribution < 1.29 is 22.9 Å². The van der Waals surface area contributed by atoms with Gasteiger partial charge in [0.25, 0.3) is 0 Å². The fourth-order valence-electron chi connectivity index (χ4n) is 2.80. The van der Waals surface area contributed by atoms with Crippen LogP contribution in [0.2, 0.25) is 0 Å². The van der Waals surface area contributed by atoms with Gasteiger partial charge in [0.1, 0.15) is 22.9 Å². The van der Waals surface area contributed by atoms with E-state index in [4.69, 9.17) is 9.47 Å². The normalized spacial score (nSPS) is 22.0. The highest BCUT2D eigenvalue weighted by molar-refractivity contribution is 7.86. The van der Waals surface area contributed by atoms with Gasteiger partial charge in [-0.3, -0.25) is 4.90 Å². The monoisotopic (exact) mass is 369 g/mol. The van der Waals surface area contributed by atoms with Crippen LogP contribution in [-0.4, -0.2) is 55.8 Å². The summed E-state index contributed by atoms with van der Waals surface area (Å²) in [5.41, 5.74) is 0.936. The smallest absolute Gasteiger partial charge is 0.414 e. The van der Waals surface area contributed by atoms with Crippen molar-refractivity contribution in [2.45, 2.75) is 6.10 Å². The lowest BCUT2D eigenvalue weighted by Crippen LogP contribution is -2.36. The molecule has 1 unspecified atom stereocenters. The molecule has 7 nitrogen and oxygen atoms in total. The number of benzene rings is 1. The molecule has 2 fully saturated rings. The third-order valence-electron chi connectivity index (χ3n) is 4.07. The molecule has 0 bridgehead atoms. The van der Waals surface area contributed by atoms with Crippen molar-refractivity contribution in [3.8, 4) is 0 Å². The summed E-state index contributed by atoms with van der Waals surface area (Å²) in [5, 5.41) is 1.26. The van der Waals surface area contributed by atoms with Crippen LogP contribution in [0.3, 0.4) is 0 Å². The molecule has 0 aliphatic carbocycles. The summed E-state index contributed by atoms with van der Waals surface area (Å²) in [5.74, 6) is -0.387. The third-order valence-corrected chi connectivity index (χ3v) is 4.83. The zero-order valence-electron chi connectivity index (χ0n) is 13.7. The number of hydrogen-bond acceptors (Lipinski definition) is 5. The van der Waals surface area contributed by atoms with Gasteiger partial charge in [-0.1, -0.05) is 6.58 Å². The number of nitrogens with one attached hydrogen (secondary N) is 1. The molecule has 9 heteroatoms. The number of rotatable bonds is 6. The molecule has 25 heavy (non-hydrogen) atoms. The summed E-state index contributed by atoms with van der Waals surface area (Å²) in [6, 6.07) is 4.71. The van der Waals surface area contributed by atoms with E-state index in [1.807, 2.05) is 4.90 Å². The lowest BCUT2D eigenvalue weighted by atomic mass is 10.2. The first-order chi connectivity index (χ1) is 12.1. The van der Waals surface area contributed by atoms with E-state index in [0.29, 0.717) is 37.7 Å². The maximum absolute atomic E-state index is 14.5. The average Bonchev–Trinajstić information content (AvgIpc) is 3.01. The minimum atomic E-state index is -1.37. The van der Waals surface area contributed by atoms with Crippen LogP contribution >= 0.6 is 0 Å². The molecular formula is C16H20FN3O4S. The highest BCUT2D eigenvalue weighted by Gasteiger charge is 2.33. The standard InChI is InChI=1S/C16H20FN3O4S/c1-2-25(22)18-10-13-11-20(16(21)24-13)12-3-4-15(14(17)9-12)19-5-7-23-8-6-19/h2-4,9,13,18H,1,5-8,10-11H2/t13-,25?/m0/s1. The number of nitrogens with zero attached hydrogens (tertiary/aromatic N) is 2. The van der Waals surface area contributed by atoms with E-state index in [1.54, 1.807) is 12.1 Å². The van der Waals surface area contributed by atoms with Crippen molar-refractivity contribution in [2.75, 3.05) is 49.2 Å². The summed E-state index contributed by atoms with van der Waals surface area (Å²) >= 11 is 0. The summed E-state index contributed by atoms with van der Waals surface area (Å²) in [6.07, 6.45) is -1.01. The Bertz CT molecular complexity index is 681. The molecule has 2 atom stereocenters. The number of carbonyl (C=O) groups is 1. The summed E-state index contributed by atoms with van der Waals surface area (Å²) in [4.78, 5) is 15.3. The molecular weight excluding hydrogens is 349 g/mol. The Morgan fingerprint density at radius 3 is 2.84 bits per heavy atom. The van der Waals surface area contributed by atoms with Crippen LogP contribution in [-0.2, 0) is 20.5 Å². The summed E-state index contributed by atoms with van der Waals surface area (Å²) in [7, 11) is -1.37. The Labute approximate surface area is 148 Å². The van der Waals surface area contributed by atoms with E-state index in [2.05, 4.69) is 11.3 Å². The number of carbonyl (C=O) groups excluding carboxylic acids is 1. The molecule has 0 aromatic heterocycles. The Hall–Kier alpha value is -1.97. The maximum Gasteiger partial charge on any atom is 0.414 e. The Balaban J connectivity index is 1.67. The minimum Gasteiger partial charge on any atom is -0.443 e. The molecule has 136 valence electrons. The van der Waals surface area contributed by atoms with E-state index in [1.165, 1.54) is 16.4 Å². The molecule has 1 N–H and O–H groups in total. The van der Waals surface area contributed by atoms with Crippen LogP contribution < -0.4 is 14.5 Å². The van der Waals surface area contributed by atoms with Crippen LogP contribution in [0, 0.1) is 5.82 Å². The minimum absolute atomic E-state index is 0.231. The fourth-order valence-corrected chi connectivity index (χ4v) is 3.27. The first kappa shape index (κ1) is 17.8. The third kappa shape index (κ3) is 4.17. The fraction of sp³-hybridized carbons (Fsp3) is 0.438. The van der Waals surface area contributed by atoms with Crippen molar-refractivity contribution in [3.63, 3.8) is 0 Å². The van der Waals surface area contributed by atoms with Gasteiger partial charge >= 0.3 is 6.09 Å². The van der Waals surface area contributed by atoms with Crippen LogP contribution in [0.1, 0.15) is 0 Å². The van der Waals surface area contributed by atoms with E-state index < -0.39 is 23.2 Å². The second kappa shape index (κ2) is 7.94. The second-order valence-corrected chi connectivity index (χ2v) is 6.88. The molecule has 2 saturated heterocycles. The van der Waals surface area contributed by atoms with Gasteiger partial charge < -0.3 is 14.4 Å². The van der Waals surface area contributed by atoms with Crippen LogP contribution in [0.15, 0.2) is 30.2 Å². The van der Waals surface area contributed by atoms with Gasteiger partial charge in [0.15, 0.2) is 0 Å². The van der Waals surface area contributed by atoms with Gasteiger partial charge in [0.05, 0.1) is 31.1 Å².